The molecule has 1 N–H and O–H groups in total. The number of nitrogens with one attached hydrogen (secondary N) is 1. The van der Waals surface area contributed by atoms with Crippen molar-refractivity contribution in [3.05, 3.63) is 23.9 Å². The molecule has 0 unspecified atom stereocenters. The maximum atomic E-state index is 11.4. The highest BCUT2D eigenvalue weighted by Gasteiger charge is 2.34. The Kier molecular flexibility index (Phi) is 3.84. The van der Waals surface area contributed by atoms with Crippen LogP contribution in [0.3, 0.4) is 0 Å². The van der Waals surface area contributed by atoms with E-state index < -0.39 is 0 Å². The third kappa shape index (κ3) is 2.63. The van der Waals surface area contributed by atoms with E-state index in [1.807, 2.05) is 0 Å². The summed E-state index contributed by atoms with van der Waals surface area (Å²) in [5.74, 6) is 0.423. The van der Waals surface area contributed by atoms with Crippen molar-refractivity contribution in [2.75, 3.05) is 19.0 Å². The molecule has 0 atom stereocenters. The smallest absolute Gasteiger partial charge is 0.338 e. The number of hydrogen-bond donors (Lipinski definition) is 1. The maximum Gasteiger partial charge on any atom is 0.338 e. The van der Waals surface area contributed by atoms with Crippen LogP contribution in [0.1, 0.15) is 43.0 Å². The Hall–Kier alpha value is -1.58. The molecule has 1 saturated carbocycles. The van der Waals surface area contributed by atoms with Gasteiger partial charge in [0.15, 0.2) is 0 Å². The fourth-order valence-corrected chi connectivity index (χ4v) is 2.38. The summed E-state index contributed by atoms with van der Waals surface area (Å²) in [5.41, 5.74) is 0.970. The summed E-state index contributed by atoms with van der Waals surface area (Å²) in [6, 6.07) is 3.41. The van der Waals surface area contributed by atoms with Gasteiger partial charge in [-0.25, -0.2) is 9.78 Å². The summed E-state index contributed by atoms with van der Waals surface area (Å²) >= 11 is 0. The standard InChI is InChI=1S/C14H20N2O2/c1-3-14(6-4-7-14)10-16-12-9-11(5-8-15-12)13(17)18-2/h5,8-9H,3-4,6-7,10H2,1-2H3,(H,15,16). The van der Waals surface area contributed by atoms with Crippen LogP contribution in [-0.4, -0.2) is 24.6 Å². The minimum atomic E-state index is -0.325. The Morgan fingerprint density at radius 2 is 2.33 bits per heavy atom. The Bertz CT molecular complexity index is 422. The molecule has 1 heterocycles. The Labute approximate surface area is 108 Å². The van der Waals surface area contributed by atoms with Crippen molar-refractivity contribution in [1.82, 2.24) is 4.98 Å². The molecule has 4 heteroatoms. The van der Waals surface area contributed by atoms with E-state index in [0.29, 0.717) is 11.0 Å². The largest absolute Gasteiger partial charge is 0.465 e. The van der Waals surface area contributed by atoms with Crippen LogP contribution < -0.4 is 5.32 Å². The van der Waals surface area contributed by atoms with Crippen molar-refractivity contribution in [2.24, 2.45) is 5.41 Å². The van der Waals surface area contributed by atoms with Crippen molar-refractivity contribution in [2.45, 2.75) is 32.6 Å². The van der Waals surface area contributed by atoms with E-state index in [0.717, 1.165) is 12.4 Å². The van der Waals surface area contributed by atoms with Gasteiger partial charge in [-0.2, -0.15) is 0 Å². The Balaban J connectivity index is 1.99. The van der Waals surface area contributed by atoms with Gasteiger partial charge in [-0.05, 0) is 36.8 Å². The van der Waals surface area contributed by atoms with Crippen LogP contribution in [0, 0.1) is 5.41 Å². The van der Waals surface area contributed by atoms with E-state index in [-0.39, 0.29) is 5.97 Å². The lowest BCUT2D eigenvalue weighted by Crippen LogP contribution is -2.36. The van der Waals surface area contributed by atoms with Crippen molar-refractivity contribution >= 4 is 11.8 Å². The molecule has 2 rings (SSSR count). The number of aromatic nitrogens is 1. The number of anilines is 1. The quantitative estimate of drug-likeness (QED) is 0.814. The van der Waals surface area contributed by atoms with Crippen molar-refractivity contribution in [1.29, 1.82) is 0 Å². The van der Waals surface area contributed by atoms with Gasteiger partial charge < -0.3 is 10.1 Å². The van der Waals surface area contributed by atoms with Crippen LogP contribution in [0.4, 0.5) is 5.82 Å². The first-order valence-electron chi connectivity index (χ1n) is 6.47. The van der Waals surface area contributed by atoms with Gasteiger partial charge in [-0.15, -0.1) is 0 Å². The predicted octanol–water partition coefficient (Wildman–Crippen LogP) is 2.86. The number of nitrogens with zero attached hydrogens (tertiary/aromatic N) is 1. The van der Waals surface area contributed by atoms with E-state index in [4.69, 9.17) is 4.74 Å². The number of carbonyl (C=O) groups excluding carboxylic acids is 1. The molecule has 1 aliphatic carbocycles. The molecular weight excluding hydrogens is 228 g/mol. The molecular formula is C14H20N2O2. The minimum Gasteiger partial charge on any atom is -0.465 e. The highest BCUT2D eigenvalue weighted by atomic mass is 16.5. The van der Waals surface area contributed by atoms with Crippen LogP contribution in [0.2, 0.25) is 0 Å². The molecule has 0 aliphatic heterocycles. The lowest BCUT2D eigenvalue weighted by molar-refractivity contribution is 0.0600. The van der Waals surface area contributed by atoms with Crippen LogP contribution >= 0.6 is 0 Å². The third-order valence-electron chi connectivity index (χ3n) is 3.99. The van der Waals surface area contributed by atoms with E-state index in [1.165, 1.54) is 32.8 Å². The molecule has 18 heavy (non-hydrogen) atoms. The van der Waals surface area contributed by atoms with Gasteiger partial charge in [0.05, 0.1) is 12.7 Å². The fraction of sp³-hybridized carbons (Fsp3) is 0.571. The topological polar surface area (TPSA) is 51.2 Å². The number of ether oxygens (including phenoxy) is 1. The number of pyridine rings is 1. The van der Waals surface area contributed by atoms with Gasteiger partial charge in [0, 0.05) is 12.7 Å². The fourth-order valence-electron chi connectivity index (χ4n) is 2.38. The number of rotatable bonds is 5. The summed E-state index contributed by atoms with van der Waals surface area (Å²) in [5, 5.41) is 3.34. The first-order chi connectivity index (χ1) is 8.69. The van der Waals surface area contributed by atoms with Gasteiger partial charge in [-0.1, -0.05) is 13.3 Å². The maximum absolute atomic E-state index is 11.4. The molecule has 0 aromatic carbocycles. The first kappa shape index (κ1) is 12.9. The molecule has 0 amide bonds. The molecule has 1 aromatic heterocycles. The monoisotopic (exact) mass is 248 g/mol. The molecule has 0 radical (unpaired) electrons. The van der Waals surface area contributed by atoms with Gasteiger partial charge in [0.2, 0.25) is 0 Å². The normalized spacial score (nSPS) is 16.8. The second kappa shape index (κ2) is 5.38. The second-order valence-electron chi connectivity index (χ2n) is 4.98. The van der Waals surface area contributed by atoms with Crippen LogP contribution in [0.25, 0.3) is 0 Å². The Morgan fingerprint density at radius 1 is 1.56 bits per heavy atom. The summed E-state index contributed by atoms with van der Waals surface area (Å²) in [6.07, 6.45) is 6.72. The van der Waals surface area contributed by atoms with E-state index >= 15 is 0 Å². The molecule has 0 spiro atoms. The van der Waals surface area contributed by atoms with Crippen molar-refractivity contribution in [3.8, 4) is 0 Å². The van der Waals surface area contributed by atoms with Crippen molar-refractivity contribution < 1.29 is 9.53 Å². The lowest BCUT2D eigenvalue weighted by Gasteiger charge is -2.41. The zero-order valence-electron chi connectivity index (χ0n) is 11.0. The van der Waals surface area contributed by atoms with Gasteiger partial charge in [0.25, 0.3) is 0 Å². The molecule has 98 valence electrons. The van der Waals surface area contributed by atoms with Gasteiger partial charge >= 0.3 is 5.97 Å². The second-order valence-corrected chi connectivity index (χ2v) is 4.98. The molecule has 0 saturated heterocycles. The predicted molar refractivity (Wildman–Crippen MR) is 70.6 cm³/mol. The van der Waals surface area contributed by atoms with Crippen LogP contribution in [0.15, 0.2) is 18.3 Å². The minimum absolute atomic E-state index is 0.325. The Morgan fingerprint density at radius 3 is 2.89 bits per heavy atom. The van der Waals surface area contributed by atoms with E-state index in [2.05, 4.69) is 17.2 Å². The number of methoxy groups -OCH3 is 1. The summed E-state index contributed by atoms with van der Waals surface area (Å²) in [4.78, 5) is 15.6. The van der Waals surface area contributed by atoms with Gasteiger partial charge in [-0.3, -0.25) is 0 Å². The SMILES string of the molecule is CCC1(CNc2cc(C(=O)OC)ccn2)CCC1. The highest BCUT2D eigenvalue weighted by molar-refractivity contribution is 5.89. The molecule has 0 bridgehead atoms. The van der Waals surface area contributed by atoms with E-state index in [1.54, 1.807) is 18.3 Å². The summed E-state index contributed by atoms with van der Waals surface area (Å²) in [6.45, 7) is 3.17. The van der Waals surface area contributed by atoms with Crippen LogP contribution in [0.5, 0.6) is 0 Å². The number of esters is 1. The molecule has 1 aromatic rings. The molecule has 1 fully saturated rings. The molecule has 1 aliphatic rings. The summed E-state index contributed by atoms with van der Waals surface area (Å²) in [7, 11) is 1.39. The third-order valence-corrected chi connectivity index (χ3v) is 3.99. The van der Waals surface area contributed by atoms with Crippen molar-refractivity contribution in [3.63, 3.8) is 0 Å². The average molecular weight is 248 g/mol. The first-order valence-corrected chi connectivity index (χ1v) is 6.47. The summed E-state index contributed by atoms with van der Waals surface area (Å²) < 4.78 is 4.70. The molecule has 4 nitrogen and oxygen atoms in total. The number of carbonyl (C=O) groups is 1. The average Bonchev–Trinajstić information content (AvgIpc) is 2.37. The van der Waals surface area contributed by atoms with Gasteiger partial charge in [0.1, 0.15) is 5.82 Å². The zero-order chi connectivity index (χ0) is 13.0. The zero-order valence-corrected chi connectivity index (χ0v) is 11.0. The highest BCUT2D eigenvalue weighted by Crippen LogP contribution is 2.43. The van der Waals surface area contributed by atoms with Crippen LogP contribution in [-0.2, 0) is 4.74 Å². The van der Waals surface area contributed by atoms with E-state index in [9.17, 15) is 4.79 Å². The number of hydrogen-bond acceptors (Lipinski definition) is 4. The lowest BCUT2D eigenvalue weighted by atomic mass is 9.67.